The molecule has 0 fully saturated rings. The Hall–Kier alpha value is -4.51. The number of H-pyrrole nitrogens is 1. The largest absolute Gasteiger partial charge is 0.497 e. The van der Waals surface area contributed by atoms with Crippen molar-refractivity contribution < 1.29 is 28.6 Å². The van der Waals surface area contributed by atoms with Crippen LogP contribution in [0.15, 0.2) is 48.5 Å². The topological polar surface area (TPSA) is 152 Å². The second-order valence-corrected chi connectivity index (χ2v) is 9.66. The van der Waals surface area contributed by atoms with Crippen LogP contribution in [-0.4, -0.2) is 52.4 Å². The summed E-state index contributed by atoms with van der Waals surface area (Å²) in [5.41, 5.74) is 5.11. The number of nitrogens with two attached hydrogens (primary N) is 1. The van der Waals surface area contributed by atoms with Crippen LogP contribution in [0.25, 0.3) is 22.2 Å². The zero-order valence-electron chi connectivity index (χ0n) is 21.0. The first-order valence-corrected chi connectivity index (χ1v) is 11.8. The van der Waals surface area contributed by atoms with Gasteiger partial charge in [-0.25, -0.2) is 9.37 Å². The molecule has 4 aromatic rings. The lowest BCUT2D eigenvalue weighted by Gasteiger charge is -2.26. The van der Waals surface area contributed by atoms with Gasteiger partial charge in [-0.15, -0.1) is 0 Å². The molecule has 0 unspecified atom stereocenters. The molecule has 5 rings (SSSR count). The molecule has 0 radical (unpaired) electrons. The number of rotatable bonds is 7. The number of halogens is 1. The van der Waals surface area contributed by atoms with Crippen molar-refractivity contribution in [3.8, 4) is 22.8 Å². The van der Waals surface area contributed by atoms with Crippen molar-refractivity contribution in [1.29, 1.82) is 0 Å². The Bertz CT molecular complexity index is 1570. The molecule has 0 saturated carbocycles. The van der Waals surface area contributed by atoms with E-state index in [-0.39, 0.29) is 24.5 Å². The number of benzene rings is 2. The fraction of sp³-hybridized carbons (Fsp3) is 0.259. The molecule has 0 spiro atoms. The molecule has 0 bridgehead atoms. The molecule has 1 aliphatic heterocycles. The van der Waals surface area contributed by atoms with Gasteiger partial charge in [0.15, 0.2) is 5.69 Å². The van der Waals surface area contributed by atoms with Crippen LogP contribution >= 0.6 is 0 Å². The van der Waals surface area contributed by atoms with Gasteiger partial charge in [-0.3, -0.25) is 14.7 Å². The standard InChI is InChI=1S/C27H26FN5O5/c1-26(25(29)35)13-38-23-18(26)11-20(31-21(23)14-4-6-15(28)7-5-14)27(2,36)12-30-24(34)22-17-9-8-16(37-3)10-19(17)32-33-22/h4-11,36H,12-13H2,1-3H3,(H2,29,35)(H,30,34)(H,32,33)/t26-,27-/m0/s1. The van der Waals surface area contributed by atoms with Gasteiger partial charge in [-0.2, -0.15) is 5.10 Å². The third-order valence-electron chi connectivity index (χ3n) is 6.86. The number of primary amides is 1. The molecule has 11 heteroatoms. The molecule has 2 atom stereocenters. The summed E-state index contributed by atoms with van der Waals surface area (Å²) in [6, 6.07) is 12.3. The van der Waals surface area contributed by atoms with Crippen LogP contribution in [0.2, 0.25) is 0 Å². The Morgan fingerprint density at radius 3 is 2.68 bits per heavy atom. The first kappa shape index (κ1) is 25.2. The van der Waals surface area contributed by atoms with Crippen LogP contribution in [0.3, 0.4) is 0 Å². The second kappa shape index (κ2) is 9.10. The Labute approximate surface area is 217 Å². The SMILES string of the molecule is COc1ccc2c(C(=O)NC[C@](C)(O)c3cc4c(c(-c5ccc(F)cc5)n3)OC[C@]4(C)C(N)=O)n[nH]c2c1. The molecule has 3 heterocycles. The molecule has 2 aromatic heterocycles. The summed E-state index contributed by atoms with van der Waals surface area (Å²) in [6.07, 6.45) is 0. The number of fused-ring (bicyclic) bond motifs is 2. The number of nitrogens with zero attached hydrogens (tertiary/aromatic N) is 2. The minimum absolute atomic E-state index is 0.00705. The van der Waals surface area contributed by atoms with Crippen LogP contribution in [0.4, 0.5) is 4.39 Å². The van der Waals surface area contributed by atoms with Gasteiger partial charge in [0, 0.05) is 22.6 Å². The van der Waals surface area contributed by atoms with Crippen LogP contribution < -0.4 is 20.5 Å². The predicted octanol–water partition coefficient (Wildman–Crippen LogP) is 2.55. The van der Waals surface area contributed by atoms with Gasteiger partial charge in [0.1, 0.15) is 40.6 Å². The number of hydrogen-bond acceptors (Lipinski definition) is 7. The number of aromatic nitrogens is 3. The summed E-state index contributed by atoms with van der Waals surface area (Å²) in [5, 5.41) is 21.6. The third kappa shape index (κ3) is 4.20. The summed E-state index contributed by atoms with van der Waals surface area (Å²) in [4.78, 5) is 30.0. The molecule has 5 N–H and O–H groups in total. The third-order valence-corrected chi connectivity index (χ3v) is 6.86. The molecule has 10 nitrogen and oxygen atoms in total. The maximum absolute atomic E-state index is 13.6. The van der Waals surface area contributed by atoms with Gasteiger partial charge in [0.25, 0.3) is 5.91 Å². The molecular weight excluding hydrogens is 493 g/mol. The summed E-state index contributed by atoms with van der Waals surface area (Å²) >= 11 is 0. The number of nitrogens with one attached hydrogen (secondary N) is 2. The molecule has 2 aromatic carbocycles. The average molecular weight is 520 g/mol. The number of aromatic amines is 1. The smallest absolute Gasteiger partial charge is 0.272 e. The Balaban J connectivity index is 1.49. The lowest BCUT2D eigenvalue weighted by Crippen LogP contribution is -2.41. The van der Waals surface area contributed by atoms with Gasteiger partial charge in [-0.05, 0) is 56.3 Å². The van der Waals surface area contributed by atoms with Crippen molar-refractivity contribution in [2.75, 3.05) is 20.3 Å². The fourth-order valence-corrected chi connectivity index (χ4v) is 4.39. The molecule has 2 amide bonds. The number of ether oxygens (including phenoxy) is 2. The molecular formula is C27H26FN5O5. The molecule has 0 saturated heterocycles. The highest BCUT2D eigenvalue weighted by atomic mass is 19.1. The van der Waals surface area contributed by atoms with E-state index in [4.69, 9.17) is 15.2 Å². The van der Waals surface area contributed by atoms with Gasteiger partial charge in [-0.1, -0.05) is 0 Å². The highest BCUT2D eigenvalue weighted by molar-refractivity contribution is 6.04. The maximum atomic E-state index is 13.6. The maximum Gasteiger partial charge on any atom is 0.272 e. The summed E-state index contributed by atoms with van der Waals surface area (Å²) in [7, 11) is 1.54. The normalized spacial score (nSPS) is 17.9. The van der Waals surface area contributed by atoms with E-state index < -0.39 is 28.6 Å². The zero-order chi connectivity index (χ0) is 27.2. The molecule has 0 aliphatic carbocycles. The minimum atomic E-state index is -1.67. The number of hydrogen-bond donors (Lipinski definition) is 4. The number of carbonyl (C=O) groups is 2. The van der Waals surface area contributed by atoms with Crippen LogP contribution in [0, 0.1) is 5.82 Å². The Kier molecular flexibility index (Phi) is 6.03. The summed E-state index contributed by atoms with van der Waals surface area (Å²) < 4.78 is 24.6. The lowest BCUT2D eigenvalue weighted by atomic mass is 9.82. The van der Waals surface area contributed by atoms with Gasteiger partial charge >= 0.3 is 0 Å². The zero-order valence-corrected chi connectivity index (χ0v) is 21.0. The number of carbonyl (C=O) groups excluding carboxylic acids is 2. The first-order valence-electron chi connectivity index (χ1n) is 11.8. The highest BCUT2D eigenvalue weighted by Gasteiger charge is 2.45. The van der Waals surface area contributed by atoms with E-state index in [1.165, 1.54) is 31.2 Å². The molecule has 1 aliphatic rings. The van der Waals surface area contributed by atoms with Crippen molar-refractivity contribution in [3.05, 3.63) is 71.3 Å². The van der Waals surface area contributed by atoms with E-state index in [1.54, 1.807) is 38.3 Å². The van der Waals surface area contributed by atoms with Crippen molar-refractivity contribution in [3.63, 3.8) is 0 Å². The quantitative estimate of drug-likeness (QED) is 0.293. The van der Waals surface area contributed by atoms with E-state index in [9.17, 15) is 19.1 Å². The minimum Gasteiger partial charge on any atom is -0.497 e. The fourth-order valence-electron chi connectivity index (χ4n) is 4.39. The van der Waals surface area contributed by atoms with Crippen LogP contribution in [-0.2, 0) is 15.8 Å². The Morgan fingerprint density at radius 2 is 2.00 bits per heavy atom. The number of aliphatic hydroxyl groups is 1. The highest BCUT2D eigenvalue weighted by Crippen LogP contribution is 2.45. The van der Waals surface area contributed by atoms with Crippen molar-refractivity contribution >= 4 is 22.7 Å². The number of methoxy groups -OCH3 is 1. The number of amides is 2. The monoisotopic (exact) mass is 519 g/mol. The Morgan fingerprint density at radius 1 is 1.26 bits per heavy atom. The summed E-state index contributed by atoms with van der Waals surface area (Å²) in [5.74, 6) is -0.591. The van der Waals surface area contributed by atoms with Crippen LogP contribution in [0.5, 0.6) is 11.5 Å². The van der Waals surface area contributed by atoms with E-state index in [0.29, 0.717) is 39.2 Å². The van der Waals surface area contributed by atoms with Gasteiger partial charge in [0.05, 0.1) is 24.9 Å². The summed E-state index contributed by atoms with van der Waals surface area (Å²) in [6.45, 7) is 2.90. The van der Waals surface area contributed by atoms with Crippen LogP contribution in [0.1, 0.15) is 35.6 Å². The average Bonchev–Trinajstić information content (AvgIpc) is 3.49. The van der Waals surface area contributed by atoms with E-state index in [1.807, 2.05) is 0 Å². The van der Waals surface area contributed by atoms with Gasteiger partial charge < -0.3 is 25.6 Å². The van der Waals surface area contributed by atoms with Crippen molar-refractivity contribution in [2.24, 2.45) is 5.73 Å². The van der Waals surface area contributed by atoms with E-state index in [0.717, 1.165) is 0 Å². The predicted molar refractivity (Wildman–Crippen MR) is 136 cm³/mol. The second-order valence-electron chi connectivity index (χ2n) is 9.66. The number of pyridine rings is 1. The molecule has 38 heavy (non-hydrogen) atoms. The van der Waals surface area contributed by atoms with Crippen molar-refractivity contribution in [1.82, 2.24) is 20.5 Å². The lowest BCUT2D eigenvalue weighted by molar-refractivity contribution is -0.123. The molecule has 196 valence electrons. The van der Waals surface area contributed by atoms with Gasteiger partial charge in [0.2, 0.25) is 5.91 Å². The van der Waals surface area contributed by atoms with E-state index in [2.05, 4.69) is 20.5 Å². The van der Waals surface area contributed by atoms with E-state index >= 15 is 0 Å². The van der Waals surface area contributed by atoms with Crippen molar-refractivity contribution in [2.45, 2.75) is 24.9 Å². The first-order chi connectivity index (χ1) is 18.0.